The van der Waals surface area contributed by atoms with Crippen molar-refractivity contribution in [3.63, 3.8) is 0 Å². The zero-order valence-electron chi connectivity index (χ0n) is 13.2. The fourth-order valence-corrected chi connectivity index (χ4v) is 4.26. The average molecular weight is 382 g/mol. The van der Waals surface area contributed by atoms with Gasteiger partial charge in [0.15, 0.2) is 0 Å². The normalized spacial score (nSPS) is 23.6. The Labute approximate surface area is 153 Å². The summed E-state index contributed by atoms with van der Waals surface area (Å²) < 4.78 is 0. The van der Waals surface area contributed by atoms with Crippen molar-refractivity contribution < 1.29 is 19.5 Å². The van der Waals surface area contributed by atoms with E-state index in [9.17, 15) is 19.5 Å². The molecule has 132 valence electrons. The van der Waals surface area contributed by atoms with Gasteiger partial charge in [-0.25, -0.2) is 4.79 Å². The minimum atomic E-state index is -1.14. The molecule has 7 nitrogen and oxygen atoms in total. The summed E-state index contributed by atoms with van der Waals surface area (Å²) in [6.07, 6.45) is 0. The zero-order chi connectivity index (χ0) is 18.3. The van der Waals surface area contributed by atoms with Crippen LogP contribution in [-0.2, 0) is 14.4 Å². The highest BCUT2D eigenvalue weighted by Gasteiger charge is 2.53. The number of β-lactam (4-membered cyclic amide) rings is 1. The molecule has 2 heterocycles. The number of rotatable bonds is 4. The molecule has 0 bridgehead atoms. The second-order valence-electron chi connectivity index (χ2n) is 5.86. The summed E-state index contributed by atoms with van der Waals surface area (Å²) in [5.41, 5.74) is 7.14. The third kappa shape index (κ3) is 3.12. The zero-order valence-corrected chi connectivity index (χ0v) is 14.8. The summed E-state index contributed by atoms with van der Waals surface area (Å²) in [6.45, 7) is 1.68. The number of carboxylic acid groups (broad SMARTS) is 1. The van der Waals surface area contributed by atoms with Crippen LogP contribution in [0.3, 0.4) is 0 Å². The number of carbonyl (C=O) groups excluding carboxylic acids is 2. The van der Waals surface area contributed by atoms with Crippen molar-refractivity contribution in [1.29, 1.82) is 0 Å². The number of carbonyl (C=O) groups is 3. The summed E-state index contributed by atoms with van der Waals surface area (Å²) >= 11 is 7.23. The number of fused-ring (bicyclic) bond motifs is 1. The van der Waals surface area contributed by atoms with Gasteiger partial charge in [-0.05, 0) is 30.2 Å². The highest BCUT2D eigenvalue weighted by molar-refractivity contribution is 8.00. The van der Waals surface area contributed by atoms with E-state index < -0.39 is 35.2 Å². The summed E-state index contributed by atoms with van der Waals surface area (Å²) in [5.74, 6) is -1.58. The topological polar surface area (TPSA) is 113 Å². The first kappa shape index (κ1) is 17.8. The van der Waals surface area contributed by atoms with Gasteiger partial charge in [-0.15, -0.1) is 11.8 Å². The van der Waals surface area contributed by atoms with Gasteiger partial charge in [0.1, 0.15) is 23.2 Å². The van der Waals surface area contributed by atoms with Crippen LogP contribution in [-0.4, -0.2) is 45.0 Å². The molecule has 9 heteroatoms. The number of hydrogen-bond acceptors (Lipinski definition) is 5. The Morgan fingerprint density at radius 3 is 2.64 bits per heavy atom. The fourth-order valence-electron chi connectivity index (χ4n) is 2.84. The van der Waals surface area contributed by atoms with Crippen LogP contribution in [0.4, 0.5) is 0 Å². The van der Waals surface area contributed by atoms with E-state index in [1.165, 1.54) is 16.7 Å². The van der Waals surface area contributed by atoms with E-state index in [0.717, 1.165) is 0 Å². The van der Waals surface area contributed by atoms with E-state index in [-0.39, 0.29) is 5.70 Å². The van der Waals surface area contributed by atoms with Crippen molar-refractivity contribution in [2.24, 2.45) is 5.73 Å². The van der Waals surface area contributed by atoms with Gasteiger partial charge < -0.3 is 16.2 Å². The second-order valence-corrected chi connectivity index (χ2v) is 7.40. The van der Waals surface area contributed by atoms with Crippen LogP contribution in [0, 0.1) is 0 Å². The minimum absolute atomic E-state index is 0.00116. The van der Waals surface area contributed by atoms with Crippen molar-refractivity contribution in [2.75, 3.05) is 5.75 Å². The minimum Gasteiger partial charge on any atom is -0.477 e. The van der Waals surface area contributed by atoms with Crippen molar-refractivity contribution in [3.8, 4) is 0 Å². The summed E-state index contributed by atoms with van der Waals surface area (Å²) in [4.78, 5) is 37.3. The van der Waals surface area contributed by atoms with Gasteiger partial charge in [-0.2, -0.15) is 0 Å². The molecule has 2 amide bonds. The van der Waals surface area contributed by atoms with Crippen molar-refractivity contribution in [1.82, 2.24) is 10.2 Å². The third-order valence-corrected chi connectivity index (χ3v) is 5.85. The van der Waals surface area contributed by atoms with Crippen LogP contribution >= 0.6 is 23.4 Å². The Morgan fingerprint density at radius 1 is 1.40 bits per heavy atom. The maximum Gasteiger partial charge on any atom is 0.352 e. The Balaban J connectivity index is 1.71. The first-order valence-electron chi connectivity index (χ1n) is 7.50. The number of benzene rings is 1. The molecular weight excluding hydrogens is 366 g/mol. The van der Waals surface area contributed by atoms with Crippen LogP contribution in [0.2, 0.25) is 5.02 Å². The molecule has 4 N–H and O–H groups in total. The number of amides is 2. The number of halogens is 1. The molecule has 3 unspecified atom stereocenters. The summed E-state index contributed by atoms with van der Waals surface area (Å²) in [6, 6.07) is 4.83. The van der Waals surface area contributed by atoms with Crippen LogP contribution < -0.4 is 11.1 Å². The van der Waals surface area contributed by atoms with E-state index in [4.69, 9.17) is 17.3 Å². The smallest absolute Gasteiger partial charge is 0.352 e. The molecule has 0 aromatic heterocycles. The molecule has 3 atom stereocenters. The van der Waals surface area contributed by atoms with E-state index in [1.807, 2.05) is 0 Å². The third-order valence-electron chi connectivity index (χ3n) is 4.17. The predicted octanol–water partition coefficient (Wildman–Crippen LogP) is 1.10. The molecule has 25 heavy (non-hydrogen) atoms. The maximum atomic E-state index is 12.4. The molecule has 2 aliphatic heterocycles. The number of hydrogen-bond donors (Lipinski definition) is 3. The highest BCUT2D eigenvalue weighted by Crippen LogP contribution is 2.40. The van der Waals surface area contributed by atoms with Gasteiger partial charge in [-0.1, -0.05) is 23.7 Å². The quantitative estimate of drug-likeness (QED) is 0.673. The largest absolute Gasteiger partial charge is 0.477 e. The number of nitrogens with zero attached hydrogens (tertiary/aromatic N) is 1. The maximum absolute atomic E-state index is 12.4. The lowest BCUT2D eigenvalue weighted by atomic mass is 10.0. The molecular formula is C16H16ClN3O4S. The van der Waals surface area contributed by atoms with Gasteiger partial charge in [0.05, 0.1) is 0 Å². The van der Waals surface area contributed by atoms with Crippen LogP contribution in [0.15, 0.2) is 35.5 Å². The monoisotopic (exact) mass is 381 g/mol. The molecule has 2 aliphatic rings. The fraction of sp³-hybridized carbons (Fsp3) is 0.312. The lowest BCUT2D eigenvalue weighted by Gasteiger charge is -2.49. The van der Waals surface area contributed by atoms with Crippen LogP contribution in [0.25, 0.3) is 0 Å². The van der Waals surface area contributed by atoms with E-state index in [2.05, 4.69) is 5.32 Å². The van der Waals surface area contributed by atoms with E-state index >= 15 is 0 Å². The molecule has 1 fully saturated rings. The summed E-state index contributed by atoms with van der Waals surface area (Å²) in [5, 5.41) is 12.0. The van der Waals surface area contributed by atoms with Gasteiger partial charge >= 0.3 is 5.97 Å². The van der Waals surface area contributed by atoms with Gasteiger partial charge in [0.25, 0.3) is 5.91 Å². The molecule has 0 aliphatic carbocycles. The number of thioether (sulfide) groups is 1. The Morgan fingerprint density at radius 2 is 2.04 bits per heavy atom. The molecule has 1 aromatic carbocycles. The second kappa shape index (κ2) is 6.70. The lowest BCUT2D eigenvalue weighted by molar-refractivity contribution is -0.150. The molecule has 1 aromatic rings. The summed E-state index contributed by atoms with van der Waals surface area (Å²) in [7, 11) is 0. The van der Waals surface area contributed by atoms with Gasteiger partial charge in [0.2, 0.25) is 5.91 Å². The standard InChI is InChI=1S/C16H16ClN3O4S/c1-7-6-25-15-11(14(22)20(15)12(7)16(23)24)19-13(21)10(18)8-2-4-9(17)5-3-8/h2-5,10-11,15H,6,18H2,1H3,(H,19,21)(H,23,24). The molecule has 3 rings (SSSR count). The van der Waals surface area contributed by atoms with Crippen molar-refractivity contribution >= 4 is 41.1 Å². The first-order chi connectivity index (χ1) is 11.8. The van der Waals surface area contributed by atoms with Crippen LogP contribution in [0.5, 0.6) is 0 Å². The van der Waals surface area contributed by atoms with E-state index in [1.54, 1.807) is 31.2 Å². The Hall–Kier alpha value is -2.03. The van der Waals surface area contributed by atoms with Crippen LogP contribution in [0.1, 0.15) is 18.5 Å². The van der Waals surface area contributed by atoms with Gasteiger partial charge in [0, 0.05) is 10.8 Å². The van der Waals surface area contributed by atoms with Crippen molar-refractivity contribution in [2.45, 2.75) is 24.4 Å². The number of aliphatic carboxylic acids is 1. The molecule has 0 radical (unpaired) electrons. The molecule has 0 spiro atoms. The number of carboxylic acids is 1. The first-order valence-corrected chi connectivity index (χ1v) is 8.93. The molecule has 1 saturated heterocycles. The Kier molecular flexibility index (Phi) is 4.77. The predicted molar refractivity (Wildman–Crippen MR) is 93.7 cm³/mol. The average Bonchev–Trinajstić information content (AvgIpc) is 2.58. The SMILES string of the molecule is CC1=C(C(=O)O)N2C(=O)C(NC(=O)C(N)c3ccc(Cl)cc3)C2SC1. The van der Waals surface area contributed by atoms with E-state index in [0.29, 0.717) is 21.9 Å². The number of nitrogens with one attached hydrogen (secondary N) is 1. The molecule has 0 saturated carbocycles. The lowest BCUT2D eigenvalue weighted by Crippen LogP contribution is -2.71. The number of nitrogens with two attached hydrogens (primary N) is 1. The highest BCUT2D eigenvalue weighted by atomic mass is 35.5. The van der Waals surface area contributed by atoms with Crippen molar-refractivity contribution in [3.05, 3.63) is 46.1 Å². The van der Waals surface area contributed by atoms with Gasteiger partial charge in [-0.3, -0.25) is 14.5 Å². The Bertz CT molecular complexity index is 780.